The molecule has 0 spiro atoms. The molecule has 2 rings (SSSR count). The third kappa shape index (κ3) is 2.26. The van der Waals surface area contributed by atoms with Crippen LogP contribution < -0.4 is 5.32 Å². The minimum Gasteiger partial charge on any atom is -0.340 e. The molecule has 3 nitrogen and oxygen atoms in total. The number of H-pyrrole nitrogens is 1. The molecule has 96 valence electrons. The molecule has 1 heterocycles. The Bertz CT molecular complexity index is 561. The molecular formula is C13H15F2N3. The van der Waals surface area contributed by atoms with Gasteiger partial charge in [0.05, 0.1) is 17.4 Å². The molecule has 2 N–H and O–H groups in total. The molecule has 0 fully saturated rings. The average molecular weight is 251 g/mol. The topological polar surface area (TPSA) is 40.7 Å². The van der Waals surface area contributed by atoms with Gasteiger partial charge >= 0.3 is 0 Å². The van der Waals surface area contributed by atoms with E-state index in [0.717, 1.165) is 6.07 Å². The van der Waals surface area contributed by atoms with Crippen molar-refractivity contribution in [2.45, 2.75) is 19.4 Å². The molecular weight excluding hydrogens is 236 g/mol. The third-order valence-corrected chi connectivity index (χ3v) is 3.01. The summed E-state index contributed by atoms with van der Waals surface area (Å²) in [5.74, 6) is -0.497. The van der Waals surface area contributed by atoms with E-state index in [0.29, 0.717) is 17.1 Å². The van der Waals surface area contributed by atoms with Gasteiger partial charge in [-0.3, -0.25) is 0 Å². The summed E-state index contributed by atoms with van der Waals surface area (Å²) in [5.41, 5.74) is 0.502. The Hall–Kier alpha value is -1.75. The smallest absolute Gasteiger partial charge is 0.135 e. The second-order valence-corrected chi connectivity index (χ2v) is 4.64. The Kier molecular flexibility index (Phi) is 3.17. The standard InChI is InChI=1S/C13H15F2N3/c1-13(2,16-3)12-17-7-11(18-12)9-5-4-8(14)6-10(9)15/h4-7,16H,1-3H3,(H,17,18). The van der Waals surface area contributed by atoms with E-state index in [9.17, 15) is 8.78 Å². The number of hydrogen-bond donors (Lipinski definition) is 2. The lowest BCUT2D eigenvalue weighted by molar-refractivity contribution is 0.421. The molecule has 0 radical (unpaired) electrons. The molecule has 2 aromatic rings. The first-order valence-corrected chi connectivity index (χ1v) is 5.64. The lowest BCUT2D eigenvalue weighted by Crippen LogP contribution is -2.34. The van der Waals surface area contributed by atoms with Crippen molar-refractivity contribution in [3.8, 4) is 11.3 Å². The summed E-state index contributed by atoms with van der Waals surface area (Å²) in [5, 5.41) is 3.10. The van der Waals surface area contributed by atoms with Crippen molar-refractivity contribution >= 4 is 0 Å². The van der Waals surface area contributed by atoms with Gasteiger partial charge in [0.25, 0.3) is 0 Å². The fourth-order valence-corrected chi connectivity index (χ4v) is 1.60. The Labute approximate surface area is 104 Å². The Morgan fingerprint density at radius 3 is 2.61 bits per heavy atom. The van der Waals surface area contributed by atoms with Gasteiger partial charge in [-0.2, -0.15) is 0 Å². The molecule has 5 heteroatoms. The van der Waals surface area contributed by atoms with Crippen molar-refractivity contribution in [3.05, 3.63) is 41.9 Å². The van der Waals surface area contributed by atoms with E-state index in [1.54, 1.807) is 6.20 Å². The van der Waals surface area contributed by atoms with Crippen LogP contribution in [0, 0.1) is 11.6 Å². The second kappa shape index (κ2) is 4.49. The first kappa shape index (κ1) is 12.7. The molecule has 18 heavy (non-hydrogen) atoms. The van der Waals surface area contributed by atoms with Crippen molar-refractivity contribution in [1.29, 1.82) is 0 Å². The highest BCUT2D eigenvalue weighted by atomic mass is 19.1. The fourth-order valence-electron chi connectivity index (χ4n) is 1.60. The first-order valence-electron chi connectivity index (χ1n) is 5.64. The highest BCUT2D eigenvalue weighted by Crippen LogP contribution is 2.24. The fraction of sp³-hybridized carbons (Fsp3) is 0.308. The van der Waals surface area contributed by atoms with Crippen LogP contribution in [0.5, 0.6) is 0 Å². The lowest BCUT2D eigenvalue weighted by atomic mass is 10.1. The van der Waals surface area contributed by atoms with Crippen LogP contribution in [0.4, 0.5) is 8.78 Å². The number of benzene rings is 1. The number of nitrogens with one attached hydrogen (secondary N) is 2. The van der Waals surface area contributed by atoms with E-state index >= 15 is 0 Å². The zero-order valence-corrected chi connectivity index (χ0v) is 10.5. The van der Waals surface area contributed by atoms with Crippen LogP contribution in [0.25, 0.3) is 11.3 Å². The quantitative estimate of drug-likeness (QED) is 0.880. The summed E-state index contributed by atoms with van der Waals surface area (Å²) >= 11 is 0. The van der Waals surface area contributed by atoms with E-state index < -0.39 is 11.6 Å². The first-order chi connectivity index (χ1) is 8.44. The van der Waals surface area contributed by atoms with Gasteiger partial charge < -0.3 is 10.3 Å². The zero-order chi connectivity index (χ0) is 13.3. The van der Waals surface area contributed by atoms with Crippen LogP contribution in [-0.2, 0) is 5.54 Å². The van der Waals surface area contributed by atoms with Gasteiger partial charge in [0, 0.05) is 11.6 Å². The molecule has 0 saturated carbocycles. The van der Waals surface area contributed by atoms with Gasteiger partial charge in [-0.15, -0.1) is 0 Å². The SMILES string of the molecule is CNC(C)(C)c1ncc(-c2ccc(F)cc2F)[nH]1. The van der Waals surface area contributed by atoms with Gasteiger partial charge in [-0.1, -0.05) is 0 Å². The Morgan fingerprint density at radius 1 is 1.28 bits per heavy atom. The molecule has 0 aliphatic heterocycles. The van der Waals surface area contributed by atoms with Crippen molar-refractivity contribution in [1.82, 2.24) is 15.3 Å². The average Bonchev–Trinajstić information content (AvgIpc) is 2.79. The molecule has 0 aliphatic carbocycles. The molecule has 0 unspecified atom stereocenters. The summed E-state index contributed by atoms with van der Waals surface area (Å²) in [7, 11) is 1.82. The monoisotopic (exact) mass is 251 g/mol. The van der Waals surface area contributed by atoms with Crippen molar-refractivity contribution in [2.75, 3.05) is 7.05 Å². The highest BCUT2D eigenvalue weighted by molar-refractivity contribution is 5.59. The van der Waals surface area contributed by atoms with Crippen LogP contribution in [0.2, 0.25) is 0 Å². The van der Waals surface area contributed by atoms with E-state index in [-0.39, 0.29) is 5.54 Å². The van der Waals surface area contributed by atoms with Gasteiger partial charge in [-0.05, 0) is 33.0 Å². The van der Waals surface area contributed by atoms with E-state index in [4.69, 9.17) is 0 Å². The Morgan fingerprint density at radius 2 is 2.00 bits per heavy atom. The van der Waals surface area contributed by atoms with Gasteiger partial charge in [0.15, 0.2) is 0 Å². The number of aromatic nitrogens is 2. The summed E-state index contributed by atoms with van der Waals surface area (Å²) in [6.45, 7) is 3.91. The third-order valence-electron chi connectivity index (χ3n) is 3.01. The molecule has 0 aliphatic rings. The number of halogens is 2. The maximum Gasteiger partial charge on any atom is 0.135 e. The van der Waals surface area contributed by atoms with Gasteiger partial charge in [-0.25, -0.2) is 13.8 Å². The van der Waals surface area contributed by atoms with Crippen LogP contribution in [-0.4, -0.2) is 17.0 Å². The van der Waals surface area contributed by atoms with Crippen LogP contribution in [0.15, 0.2) is 24.4 Å². The largest absolute Gasteiger partial charge is 0.340 e. The minimum atomic E-state index is -0.604. The number of hydrogen-bond acceptors (Lipinski definition) is 2. The van der Waals surface area contributed by atoms with E-state index in [2.05, 4.69) is 15.3 Å². The predicted octanol–water partition coefficient (Wildman–Crippen LogP) is 2.81. The van der Waals surface area contributed by atoms with Gasteiger partial charge in [0.2, 0.25) is 0 Å². The van der Waals surface area contributed by atoms with Crippen LogP contribution in [0.3, 0.4) is 0 Å². The summed E-state index contributed by atoms with van der Waals surface area (Å²) in [4.78, 5) is 7.27. The summed E-state index contributed by atoms with van der Waals surface area (Å²) < 4.78 is 26.5. The summed E-state index contributed by atoms with van der Waals surface area (Å²) in [6.07, 6.45) is 1.55. The zero-order valence-electron chi connectivity index (χ0n) is 10.5. The molecule has 0 atom stereocenters. The van der Waals surface area contributed by atoms with Crippen LogP contribution in [0.1, 0.15) is 19.7 Å². The number of imidazole rings is 1. The molecule has 0 bridgehead atoms. The highest BCUT2D eigenvalue weighted by Gasteiger charge is 2.22. The predicted molar refractivity (Wildman–Crippen MR) is 66.0 cm³/mol. The molecule has 0 amide bonds. The minimum absolute atomic E-state index is 0.307. The number of rotatable bonds is 3. The second-order valence-electron chi connectivity index (χ2n) is 4.64. The molecule has 0 saturated heterocycles. The van der Waals surface area contributed by atoms with E-state index in [1.165, 1.54) is 12.1 Å². The van der Waals surface area contributed by atoms with Gasteiger partial charge in [0.1, 0.15) is 17.5 Å². The molecule has 1 aromatic carbocycles. The molecule has 1 aromatic heterocycles. The summed E-state index contributed by atoms with van der Waals surface area (Å²) in [6, 6.07) is 3.48. The lowest BCUT2D eigenvalue weighted by Gasteiger charge is -2.20. The van der Waals surface area contributed by atoms with Crippen molar-refractivity contribution in [2.24, 2.45) is 0 Å². The normalized spacial score (nSPS) is 11.8. The maximum atomic E-state index is 13.6. The van der Waals surface area contributed by atoms with Crippen molar-refractivity contribution < 1.29 is 8.78 Å². The maximum absolute atomic E-state index is 13.6. The Balaban J connectivity index is 2.41. The van der Waals surface area contributed by atoms with E-state index in [1.807, 2.05) is 20.9 Å². The number of nitrogens with zero attached hydrogens (tertiary/aromatic N) is 1. The van der Waals surface area contributed by atoms with Crippen LogP contribution >= 0.6 is 0 Å². The number of aromatic amines is 1. The van der Waals surface area contributed by atoms with Crippen molar-refractivity contribution in [3.63, 3.8) is 0 Å².